The van der Waals surface area contributed by atoms with Crippen molar-refractivity contribution in [3.63, 3.8) is 0 Å². The van der Waals surface area contributed by atoms with E-state index >= 15 is 0 Å². The van der Waals surface area contributed by atoms with E-state index in [0.717, 1.165) is 4.08 Å². The van der Waals surface area contributed by atoms with Gasteiger partial charge >= 0.3 is 69.5 Å². The van der Waals surface area contributed by atoms with Crippen LogP contribution in [-0.2, 0) is 0 Å². The predicted molar refractivity (Wildman–Crippen MR) is 46.4 cm³/mol. The maximum absolute atomic E-state index is 4.53. The van der Waals surface area contributed by atoms with Gasteiger partial charge in [-0.2, -0.15) is 0 Å². The maximum atomic E-state index is 4.53. The molecular formula is C7H14GeS. The molecule has 1 unspecified atom stereocenters. The average molecular weight is 203 g/mol. The molecule has 0 nitrogen and oxygen atoms in total. The van der Waals surface area contributed by atoms with E-state index in [0.29, 0.717) is 15.4 Å². The molecule has 1 fully saturated rings. The zero-order valence-electron chi connectivity index (χ0n) is 5.77. The standard InChI is InChI=1S/C7H14GeS/c9-7-5-3-1-2-4-6-8-7/h7,9H,1-6H2. The van der Waals surface area contributed by atoms with Gasteiger partial charge in [-0.3, -0.25) is 0 Å². The summed E-state index contributed by atoms with van der Waals surface area (Å²) in [5.74, 6) is 0. The van der Waals surface area contributed by atoms with Crippen LogP contribution in [0.25, 0.3) is 0 Å². The molecule has 0 N–H and O–H groups in total. The van der Waals surface area contributed by atoms with Crippen molar-refractivity contribution in [2.45, 2.75) is 41.4 Å². The Morgan fingerprint density at radius 2 is 1.89 bits per heavy atom. The first-order chi connectivity index (χ1) is 4.39. The second kappa shape index (κ2) is 4.67. The molecule has 1 atom stereocenters. The van der Waals surface area contributed by atoms with Crippen molar-refractivity contribution in [2.24, 2.45) is 0 Å². The van der Waals surface area contributed by atoms with Crippen LogP contribution in [0.5, 0.6) is 0 Å². The third-order valence-corrected chi connectivity index (χ3v) is 5.93. The van der Waals surface area contributed by atoms with E-state index in [-0.39, 0.29) is 0 Å². The van der Waals surface area contributed by atoms with Crippen molar-refractivity contribution >= 4 is 28.1 Å². The van der Waals surface area contributed by atoms with Gasteiger partial charge in [0.1, 0.15) is 0 Å². The summed E-state index contributed by atoms with van der Waals surface area (Å²) in [4.78, 5) is 0. The van der Waals surface area contributed by atoms with Gasteiger partial charge < -0.3 is 0 Å². The van der Waals surface area contributed by atoms with Crippen LogP contribution in [0.1, 0.15) is 32.1 Å². The van der Waals surface area contributed by atoms with Gasteiger partial charge in [0.15, 0.2) is 0 Å². The summed E-state index contributed by atoms with van der Waals surface area (Å²) < 4.78 is 0.838. The number of hydrogen-bond donors (Lipinski definition) is 1. The molecule has 52 valence electrons. The average Bonchev–Trinajstić information content (AvgIpc) is 1.79. The second-order valence-electron chi connectivity index (χ2n) is 2.67. The molecule has 1 saturated heterocycles. The summed E-state index contributed by atoms with van der Waals surface area (Å²) in [6, 6.07) is 0. The normalized spacial score (nSPS) is 31.0. The molecule has 0 bridgehead atoms. The van der Waals surface area contributed by atoms with E-state index in [1.165, 1.54) is 37.4 Å². The zero-order valence-corrected chi connectivity index (χ0v) is 8.76. The minimum atomic E-state index is 0.351. The Bertz CT molecular complexity index is 67.3. The molecule has 2 heteroatoms. The van der Waals surface area contributed by atoms with Crippen LogP contribution >= 0.6 is 12.6 Å². The summed E-state index contributed by atoms with van der Waals surface area (Å²) in [6.45, 7) is 0. The molecule has 9 heavy (non-hydrogen) atoms. The van der Waals surface area contributed by atoms with E-state index in [4.69, 9.17) is 0 Å². The first-order valence-electron chi connectivity index (χ1n) is 3.81. The van der Waals surface area contributed by atoms with Gasteiger partial charge in [-0.1, -0.05) is 0 Å². The van der Waals surface area contributed by atoms with E-state index in [2.05, 4.69) is 12.6 Å². The molecular weight excluding hydrogens is 189 g/mol. The van der Waals surface area contributed by atoms with Crippen molar-refractivity contribution in [1.29, 1.82) is 0 Å². The monoisotopic (exact) mass is 204 g/mol. The summed E-state index contributed by atoms with van der Waals surface area (Å²) >= 11 is 4.88. The SMILES string of the molecule is S[CH]1CCCCC[CH2][Ge]1. The zero-order chi connectivity index (χ0) is 6.53. The molecule has 0 aromatic carbocycles. The van der Waals surface area contributed by atoms with Crippen molar-refractivity contribution in [1.82, 2.24) is 0 Å². The quantitative estimate of drug-likeness (QED) is 0.453. The van der Waals surface area contributed by atoms with Gasteiger partial charge in [-0.05, 0) is 0 Å². The van der Waals surface area contributed by atoms with E-state index in [1.54, 1.807) is 0 Å². The van der Waals surface area contributed by atoms with Crippen LogP contribution in [0.2, 0.25) is 5.25 Å². The predicted octanol–water partition coefficient (Wildman–Crippen LogP) is 2.33. The van der Waals surface area contributed by atoms with Crippen LogP contribution in [0.4, 0.5) is 0 Å². The van der Waals surface area contributed by atoms with E-state index in [9.17, 15) is 0 Å². The number of thiol groups is 1. The molecule has 0 aliphatic carbocycles. The number of hydrogen-bond acceptors (Lipinski definition) is 1. The summed E-state index contributed by atoms with van der Waals surface area (Å²) in [6.07, 6.45) is 7.30. The molecule has 1 aliphatic heterocycles. The number of rotatable bonds is 0. The van der Waals surface area contributed by atoms with Crippen molar-refractivity contribution in [3.8, 4) is 0 Å². The fourth-order valence-electron chi connectivity index (χ4n) is 1.19. The topological polar surface area (TPSA) is 0 Å². The molecule has 0 saturated carbocycles. The van der Waals surface area contributed by atoms with Gasteiger partial charge in [-0.15, -0.1) is 0 Å². The Morgan fingerprint density at radius 1 is 1.11 bits per heavy atom. The first kappa shape index (κ1) is 7.99. The van der Waals surface area contributed by atoms with Crippen molar-refractivity contribution in [2.75, 3.05) is 0 Å². The van der Waals surface area contributed by atoms with Crippen LogP contribution in [0, 0.1) is 0 Å². The molecule has 1 heterocycles. The van der Waals surface area contributed by atoms with E-state index in [1.807, 2.05) is 0 Å². The summed E-state index contributed by atoms with van der Waals surface area (Å²) in [5.41, 5.74) is 0. The molecule has 0 amide bonds. The van der Waals surface area contributed by atoms with Crippen LogP contribution in [0.3, 0.4) is 0 Å². The third-order valence-electron chi connectivity index (χ3n) is 1.78. The van der Waals surface area contributed by atoms with Gasteiger partial charge in [0.2, 0.25) is 0 Å². The molecule has 0 spiro atoms. The Balaban J connectivity index is 2.12. The fourth-order valence-corrected chi connectivity index (χ4v) is 4.55. The van der Waals surface area contributed by atoms with Gasteiger partial charge in [0.25, 0.3) is 0 Å². The Labute approximate surface area is 69.7 Å². The van der Waals surface area contributed by atoms with Crippen LogP contribution in [-0.4, -0.2) is 19.5 Å². The fraction of sp³-hybridized carbons (Fsp3) is 1.00. The van der Waals surface area contributed by atoms with Crippen molar-refractivity contribution < 1.29 is 0 Å². The minimum absolute atomic E-state index is 0.351. The third kappa shape index (κ3) is 3.56. The molecule has 1 aliphatic rings. The van der Waals surface area contributed by atoms with Gasteiger partial charge in [-0.25, -0.2) is 0 Å². The van der Waals surface area contributed by atoms with Gasteiger partial charge in [0.05, 0.1) is 0 Å². The molecule has 2 radical (unpaired) electrons. The Hall–Kier alpha value is 0.893. The van der Waals surface area contributed by atoms with Gasteiger partial charge in [0, 0.05) is 0 Å². The van der Waals surface area contributed by atoms with E-state index < -0.39 is 0 Å². The molecule has 1 rings (SSSR count). The summed E-state index contributed by atoms with van der Waals surface area (Å²) in [5, 5.41) is 1.54. The second-order valence-corrected chi connectivity index (χ2v) is 7.68. The molecule has 0 aromatic heterocycles. The van der Waals surface area contributed by atoms with Crippen LogP contribution in [0.15, 0.2) is 0 Å². The Morgan fingerprint density at radius 3 is 2.78 bits per heavy atom. The molecule has 0 aromatic rings. The first-order valence-corrected chi connectivity index (χ1v) is 7.02. The Kier molecular flexibility index (Phi) is 4.15. The summed E-state index contributed by atoms with van der Waals surface area (Å²) in [7, 11) is 0. The van der Waals surface area contributed by atoms with Crippen LogP contribution < -0.4 is 0 Å². The van der Waals surface area contributed by atoms with Crippen molar-refractivity contribution in [3.05, 3.63) is 0 Å².